The molecule has 0 saturated carbocycles. The lowest BCUT2D eigenvalue weighted by atomic mass is 9.79. The normalized spacial score (nSPS) is 18.3. The Bertz CT molecular complexity index is 791. The van der Waals surface area contributed by atoms with Crippen molar-refractivity contribution in [2.75, 3.05) is 37.2 Å². The molecular weight excluding hydrogens is 421 g/mol. The van der Waals surface area contributed by atoms with Crippen LogP contribution < -0.4 is 16.4 Å². The van der Waals surface area contributed by atoms with Crippen LogP contribution in [-0.2, 0) is 6.54 Å². The van der Waals surface area contributed by atoms with Crippen LogP contribution in [0.5, 0.6) is 0 Å². The molecule has 9 heteroatoms. The third-order valence-corrected chi connectivity index (χ3v) is 6.02. The fourth-order valence-electron chi connectivity index (χ4n) is 4.51. The molecule has 4 rings (SSSR count). The zero-order valence-corrected chi connectivity index (χ0v) is 19.1. The van der Waals surface area contributed by atoms with Gasteiger partial charge in [-0.15, -0.1) is 24.8 Å². The zero-order valence-electron chi connectivity index (χ0n) is 17.5. The Morgan fingerprint density at radius 2 is 1.73 bits per heavy atom. The van der Waals surface area contributed by atoms with Gasteiger partial charge in [-0.05, 0) is 88.3 Å². The summed E-state index contributed by atoms with van der Waals surface area (Å²) < 4.78 is 0. The highest BCUT2D eigenvalue weighted by Gasteiger charge is 2.27. The Kier molecular flexibility index (Phi) is 9.55. The van der Waals surface area contributed by atoms with Crippen molar-refractivity contribution in [1.29, 1.82) is 0 Å². The number of piperidine rings is 2. The molecule has 2 aliphatic heterocycles. The molecular formula is C21H33Cl2N7. The van der Waals surface area contributed by atoms with Gasteiger partial charge < -0.3 is 16.4 Å². The summed E-state index contributed by atoms with van der Waals surface area (Å²) in [6.45, 7) is 7.39. The average molecular weight is 454 g/mol. The number of halogens is 2. The summed E-state index contributed by atoms with van der Waals surface area (Å²) in [5.74, 6) is 3.30. The van der Waals surface area contributed by atoms with E-state index >= 15 is 0 Å². The van der Waals surface area contributed by atoms with Crippen LogP contribution in [0.15, 0.2) is 24.3 Å². The van der Waals surface area contributed by atoms with E-state index in [1.165, 1.54) is 44.3 Å². The minimum atomic E-state index is 0. The largest absolute Gasteiger partial charge is 0.368 e. The van der Waals surface area contributed by atoms with E-state index in [0.717, 1.165) is 43.0 Å². The number of nitrogens with one attached hydrogen (secondary N) is 2. The first-order chi connectivity index (χ1) is 13.7. The van der Waals surface area contributed by atoms with E-state index < -0.39 is 0 Å². The summed E-state index contributed by atoms with van der Waals surface area (Å²) in [5.41, 5.74) is 8.08. The lowest BCUT2D eigenvalue weighted by Gasteiger charge is -2.37. The fraction of sp³-hybridized carbons (Fsp3) is 0.571. The number of benzene rings is 1. The molecule has 4 N–H and O–H groups in total. The van der Waals surface area contributed by atoms with Crippen LogP contribution in [0.4, 0.5) is 17.6 Å². The summed E-state index contributed by atoms with van der Waals surface area (Å²) in [6.07, 6.45) is 5.23. The fourth-order valence-corrected chi connectivity index (χ4v) is 4.51. The molecule has 0 spiro atoms. The van der Waals surface area contributed by atoms with Crippen molar-refractivity contribution in [2.24, 2.45) is 11.8 Å². The highest BCUT2D eigenvalue weighted by molar-refractivity contribution is 5.85. The van der Waals surface area contributed by atoms with Crippen molar-refractivity contribution in [3.63, 3.8) is 0 Å². The molecule has 0 bridgehead atoms. The summed E-state index contributed by atoms with van der Waals surface area (Å²) in [7, 11) is 0. The maximum atomic E-state index is 5.94. The number of anilines is 3. The molecule has 2 saturated heterocycles. The molecule has 1 aromatic carbocycles. The van der Waals surface area contributed by atoms with Gasteiger partial charge in [0.05, 0.1) is 6.54 Å². The van der Waals surface area contributed by atoms with Gasteiger partial charge in [-0.1, -0.05) is 12.1 Å². The van der Waals surface area contributed by atoms with E-state index in [1.807, 2.05) is 12.1 Å². The SMILES string of the molecule is Cc1cccc(Nc2nc(N)nc(CN3CCC(C4CCNCC4)CC3)n2)c1.Cl.Cl. The van der Waals surface area contributed by atoms with E-state index in [9.17, 15) is 0 Å². The molecule has 0 atom stereocenters. The van der Waals surface area contributed by atoms with Crippen LogP contribution in [0, 0.1) is 18.8 Å². The number of likely N-dealkylation sites (tertiary alicyclic amines) is 1. The minimum Gasteiger partial charge on any atom is -0.368 e. The number of aromatic nitrogens is 3. The number of hydrogen-bond acceptors (Lipinski definition) is 7. The Morgan fingerprint density at radius 3 is 2.43 bits per heavy atom. The molecule has 0 aliphatic carbocycles. The lowest BCUT2D eigenvalue weighted by molar-refractivity contribution is 0.124. The number of nitrogens with two attached hydrogens (primary N) is 1. The first-order valence-corrected chi connectivity index (χ1v) is 10.4. The van der Waals surface area contributed by atoms with Gasteiger partial charge in [0.1, 0.15) is 5.82 Å². The second-order valence-electron chi connectivity index (χ2n) is 8.13. The van der Waals surface area contributed by atoms with Crippen molar-refractivity contribution in [3.8, 4) is 0 Å². The first kappa shape index (κ1) is 24.6. The smallest absolute Gasteiger partial charge is 0.232 e. The second-order valence-corrected chi connectivity index (χ2v) is 8.13. The molecule has 2 fully saturated rings. The molecule has 30 heavy (non-hydrogen) atoms. The number of nitrogen functional groups attached to an aromatic ring is 1. The summed E-state index contributed by atoms with van der Waals surface area (Å²) in [6, 6.07) is 8.13. The molecule has 166 valence electrons. The van der Waals surface area contributed by atoms with Crippen molar-refractivity contribution in [3.05, 3.63) is 35.7 Å². The van der Waals surface area contributed by atoms with Crippen molar-refractivity contribution >= 4 is 42.4 Å². The highest BCUT2D eigenvalue weighted by atomic mass is 35.5. The van der Waals surface area contributed by atoms with Crippen LogP contribution in [-0.4, -0.2) is 46.0 Å². The number of aryl methyl sites for hydroxylation is 1. The topological polar surface area (TPSA) is 92.0 Å². The molecule has 7 nitrogen and oxygen atoms in total. The minimum absolute atomic E-state index is 0. The van der Waals surface area contributed by atoms with Gasteiger partial charge in [0.25, 0.3) is 0 Å². The van der Waals surface area contributed by atoms with Crippen LogP contribution >= 0.6 is 24.8 Å². The number of nitrogens with zero attached hydrogens (tertiary/aromatic N) is 4. The van der Waals surface area contributed by atoms with Gasteiger partial charge >= 0.3 is 0 Å². The van der Waals surface area contributed by atoms with E-state index in [2.05, 4.69) is 49.5 Å². The monoisotopic (exact) mass is 453 g/mol. The first-order valence-electron chi connectivity index (χ1n) is 10.4. The second kappa shape index (κ2) is 11.6. The van der Waals surface area contributed by atoms with E-state index in [0.29, 0.717) is 5.95 Å². The Morgan fingerprint density at radius 1 is 1.03 bits per heavy atom. The summed E-state index contributed by atoms with van der Waals surface area (Å²) in [5, 5.41) is 6.72. The standard InChI is InChI=1S/C21H31N7.2ClH/c1-15-3-2-4-18(13-15)24-21-26-19(25-20(22)27-21)14-28-11-7-17(8-12-28)16-5-9-23-10-6-16;;/h2-4,13,16-17,23H,5-12,14H2,1H3,(H3,22,24,25,26,27);2*1H. The van der Waals surface area contributed by atoms with Crippen LogP contribution in [0.2, 0.25) is 0 Å². The van der Waals surface area contributed by atoms with Gasteiger partial charge in [-0.2, -0.15) is 15.0 Å². The van der Waals surface area contributed by atoms with Crippen LogP contribution in [0.25, 0.3) is 0 Å². The molecule has 0 radical (unpaired) electrons. The molecule has 0 amide bonds. The van der Waals surface area contributed by atoms with E-state index in [-0.39, 0.29) is 30.8 Å². The van der Waals surface area contributed by atoms with Crippen molar-refractivity contribution in [1.82, 2.24) is 25.2 Å². The maximum absolute atomic E-state index is 5.94. The Labute approximate surface area is 191 Å². The predicted octanol–water partition coefficient (Wildman–Crippen LogP) is 3.56. The molecule has 2 aromatic rings. The number of hydrogen-bond donors (Lipinski definition) is 3. The lowest BCUT2D eigenvalue weighted by Crippen LogP contribution is -2.39. The van der Waals surface area contributed by atoms with Gasteiger partial charge in [-0.25, -0.2) is 0 Å². The predicted molar refractivity (Wildman–Crippen MR) is 127 cm³/mol. The average Bonchev–Trinajstić information content (AvgIpc) is 2.69. The highest BCUT2D eigenvalue weighted by Crippen LogP contribution is 2.31. The molecule has 1 aromatic heterocycles. The van der Waals surface area contributed by atoms with Gasteiger partial charge in [-0.3, -0.25) is 4.90 Å². The maximum Gasteiger partial charge on any atom is 0.232 e. The summed E-state index contributed by atoms with van der Waals surface area (Å²) in [4.78, 5) is 15.7. The van der Waals surface area contributed by atoms with Gasteiger partial charge in [0, 0.05) is 5.69 Å². The van der Waals surface area contributed by atoms with Crippen molar-refractivity contribution in [2.45, 2.75) is 39.2 Å². The van der Waals surface area contributed by atoms with E-state index in [4.69, 9.17) is 5.73 Å². The quantitative estimate of drug-likeness (QED) is 0.636. The van der Waals surface area contributed by atoms with Crippen molar-refractivity contribution < 1.29 is 0 Å². The van der Waals surface area contributed by atoms with E-state index in [1.54, 1.807) is 0 Å². The van der Waals surface area contributed by atoms with Crippen LogP contribution in [0.3, 0.4) is 0 Å². The molecule has 2 aliphatic rings. The Hall–Kier alpha value is -1.67. The van der Waals surface area contributed by atoms with Gasteiger partial charge in [0.2, 0.25) is 11.9 Å². The molecule has 3 heterocycles. The molecule has 0 unspecified atom stereocenters. The Balaban J connectivity index is 0.00000160. The number of rotatable bonds is 5. The third kappa shape index (κ3) is 6.67. The van der Waals surface area contributed by atoms with Gasteiger partial charge in [0.15, 0.2) is 0 Å². The zero-order chi connectivity index (χ0) is 19.3. The van der Waals surface area contributed by atoms with Crippen LogP contribution in [0.1, 0.15) is 37.1 Å². The summed E-state index contributed by atoms with van der Waals surface area (Å²) >= 11 is 0. The third-order valence-electron chi connectivity index (χ3n) is 6.02.